The molecule has 0 aliphatic heterocycles. The Morgan fingerprint density at radius 1 is 0.842 bits per heavy atom. The molecule has 0 atom stereocenters. The minimum atomic E-state index is -0.171. The van der Waals surface area contributed by atoms with Crippen molar-refractivity contribution in [3.8, 4) is 0 Å². The topological polar surface area (TPSA) is 52.6 Å². The first-order valence-corrected chi connectivity index (χ1v) is 6.25. The molecule has 0 heterocycles. The molecule has 19 heavy (non-hydrogen) atoms. The molecule has 0 fully saturated rings. The summed E-state index contributed by atoms with van der Waals surface area (Å²) >= 11 is 9.08. The Balaban J connectivity index is -0.0000000594. The van der Waals surface area contributed by atoms with E-state index in [0.29, 0.717) is 37.6 Å². The zero-order chi connectivity index (χ0) is 12.8. The van der Waals surface area contributed by atoms with Gasteiger partial charge in [-0.3, -0.25) is 9.59 Å². The van der Waals surface area contributed by atoms with E-state index < -0.39 is 0 Å². The summed E-state index contributed by atoms with van der Waals surface area (Å²) in [6.45, 7) is 4.27. The number of hydrogen-bond acceptors (Lipinski definition) is 6. The van der Waals surface area contributed by atoms with Gasteiger partial charge in [-0.1, -0.05) is 28.7 Å². The van der Waals surface area contributed by atoms with Gasteiger partial charge in [0, 0.05) is 12.8 Å². The Kier molecular flexibility index (Phi) is 44.9. The first kappa shape index (κ1) is 31.7. The van der Waals surface area contributed by atoms with Crippen molar-refractivity contribution in [2.45, 2.75) is 41.5 Å². The normalized spacial score (nSPS) is 7.37. The van der Waals surface area contributed by atoms with Crippen molar-refractivity contribution >= 4 is 61.1 Å². The van der Waals surface area contributed by atoms with E-state index >= 15 is 0 Å². The van der Waals surface area contributed by atoms with E-state index in [4.69, 9.17) is 0 Å². The number of carbonyl (C=O) groups is 2. The largest absolute Gasteiger partial charge is 2.00 e. The molecule has 0 unspecified atom stereocenters. The second kappa shape index (κ2) is 26.9. The third-order valence-corrected chi connectivity index (χ3v) is 1.60. The molecule has 2 radical (unpaired) electrons. The average Bonchev–Trinajstić information content (AvgIpc) is 2.33. The standard InChI is InChI=1S/2C5H10O2S.2CH4.Sn/c2*1-2-5(6)7-3-4-8;;;/h2*8H,2-4H2,1H3;2*1H4;/q;;;;+2/p-2. The Bertz CT molecular complexity index is 173. The van der Waals surface area contributed by atoms with E-state index in [2.05, 4.69) is 34.7 Å². The van der Waals surface area contributed by atoms with Crippen LogP contribution < -0.4 is 0 Å². The fraction of sp³-hybridized carbons (Fsp3) is 0.833. The second-order valence-corrected chi connectivity index (χ2v) is 3.37. The minimum Gasteiger partial charge on any atom is -0.789 e. The molecule has 4 nitrogen and oxygen atoms in total. The van der Waals surface area contributed by atoms with Gasteiger partial charge in [0.25, 0.3) is 0 Å². The molecule has 7 heteroatoms. The fourth-order valence-corrected chi connectivity index (χ4v) is 0.682. The van der Waals surface area contributed by atoms with Crippen molar-refractivity contribution in [1.29, 1.82) is 0 Å². The van der Waals surface area contributed by atoms with E-state index in [9.17, 15) is 9.59 Å². The van der Waals surface area contributed by atoms with Gasteiger partial charge in [0.2, 0.25) is 0 Å². The molecule has 0 amide bonds. The SMILES string of the molecule is C.C.CCC(=O)OCC[S-].CCC(=O)OCC[S-].[Sn+2]. The second-order valence-electron chi connectivity index (χ2n) is 2.56. The Morgan fingerprint density at radius 3 is 1.26 bits per heavy atom. The minimum absolute atomic E-state index is 0. The number of hydrogen-bond donors (Lipinski definition) is 0. The summed E-state index contributed by atoms with van der Waals surface area (Å²) in [6, 6.07) is 0. The summed E-state index contributed by atoms with van der Waals surface area (Å²) in [6.07, 6.45) is 0.880. The van der Waals surface area contributed by atoms with Crippen LogP contribution in [-0.2, 0) is 44.3 Å². The molecule has 0 N–H and O–H groups in total. The van der Waals surface area contributed by atoms with Crippen molar-refractivity contribution in [1.82, 2.24) is 0 Å². The van der Waals surface area contributed by atoms with E-state index in [1.54, 1.807) is 13.8 Å². The Morgan fingerprint density at radius 2 is 1.11 bits per heavy atom. The molecular weight excluding hydrogens is 391 g/mol. The molecule has 0 bridgehead atoms. The van der Waals surface area contributed by atoms with E-state index in [1.165, 1.54) is 0 Å². The van der Waals surface area contributed by atoms with Crippen LogP contribution in [0.4, 0.5) is 0 Å². The number of rotatable bonds is 6. The molecule has 114 valence electrons. The quantitative estimate of drug-likeness (QED) is 0.374. The van der Waals surface area contributed by atoms with Gasteiger partial charge in [0.15, 0.2) is 0 Å². The summed E-state index contributed by atoms with van der Waals surface area (Å²) in [5, 5.41) is 0. The van der Waals surface area contributed by atoms with Gasteiger partial charge in [-0.15, -0.1) is 11.5 Å². The van der Waals surface area contributed by atoms with Crippen LogP contribution in [0.3, 0.4) is 0 Å². The zero-order valence-electron chi connectivity index (χ0n) is 10.2. The van der Waals surface area contributed by atoms with Crippen molar-refractivity contribution in [3.05, 3.63) is 0 Å². The van der Waals surface area contributed by atoms with Crippen LogP contribution in [0.1, 0.15) is 41.5 Å². The molecule has 0 aliphatic rings. The van der Waals surface area contributed by atoms with Crippen LogP contribution in [-0.4, -0.2) is 60.6 Å². The van der Waals surface area contributed by atoms with Crippen LogP contribution in [0, 0.1) is 0 Å². The molecule has 0 spiro atoms. The molecule has 0 saturated heterocycles. The Hall–Kier alpha value is 0.439. The van der Waals surface area contributed by atoms with Crippen LogP contribution in [0.15, 0.2) is 0 Å². The number of ether oxygens (including phenoxy) is 2. The summed E-state index contributed by atoms with van der Waals surface area (Å²) in [5.74, 6) is 0.641. The maximum atomic E-state index is 10.3. The van der Waals surface area contributed by atoms with Crippen LogP contribution >= 0.6 is 0 Å². The maximum Gasteiger partial charge on any atom is 2.00 e. The van der Waals surface area contributed by atoms with Gasteiger partial charge in [-0.05, 0) is 0 Å². The van der Waals surface area contributed by atoms with Gasteiger partial charge < -0.3 is 34.7 Å². The zero-order valence-corrected chi connectivity index (χ0v) is 14.7. The van der Waals surface area contributed by atoms with Crippen molar-refractivity contribution in [2.75, 3.05) is 24.7 Å². The van der Waals surface area contributed by atoms with Crippen molar-refractivity contribution in [3.63, 3.8) is 0 Å². The maximum absolute atomic E-state index is 10.3. The van der Waals surface area contributed by atoms with E-state index in [1.807, 2.05) is 0 Å². The molecular formula is C12H26O4S2Sn. The van der Waals surface area contributed by atoms with Gasteiger partial charge >= 0.3 is 35.8 Å². The van der Waals surface area contributed by atoms with Crippen LogP contribution in [0.25, 0.3) is 0 Å². The fourth-order valence-electron chi connectivity index (χ4n) is 0.515. The van der Waals surface area contributed by atoms with Gasteiger partial charge in [0.1, 0.15) is 0 Å². The summed E-state index contributed by atoms with van der Waals surface area (Å²) in [7, 11) is 0. The monoisotopic (exact) mass is 418 g/mol. The van der Waals surface area contributed by atoms with Crippen molar-refractivity contribution < 1.29 is 19.1 Å². The molecule has 0 aromatic carbocycles. The number of esters is 2. The Labute approximate surface area is 146 Å². The molecule has 0 aliphatic carbocycles. The van der Waals surface area contributed by atoms with Gasteiger partial charge in [0.05, 0.1) is 13.2 Å². The number of carbonyl (C=O) groups excluding carboxylic acids is 2. The smallest absolute Gasteiger partial charge is 0.789 e. The van der Waals surface area contributed by atoms with E-state index in [0.717, 1.165) is 0 Å². The summed E-state index contributed by atoms with van der Waals surface area (Å²) < 4.78 is 9.19. The third-order valence-electron chi connectivity index (χ3n) is 1.27. The van der Waals surface area contributed by atoms with Gasteiger partial charge in [-0.2, -0.15) is 0 Å². The molecule has 0 aromatic heterocycles. The molecule has 0 saturated carbocycles. The molecule has 0 aromatic rings. The first-order chi connectivity index (χ1) is 7.62. The summed E-state index contributed by atoms with van der Waals surface area (Å²) in [5.41, 5.74) is 0. The predicted molar refractivity (Wildman–Crippen MR) is 86.2 cm³/mol. The third kappa shape index (κ3) is 32.2. The van der Waals surface area contributed by atoms with Crippen LogP contribution in [0.2, 0.25) is 0 Å². The van der Waals surface area contributed by atoms with Gasteiger partial charge in [-0.25, -0.2) is 0 Å². The van der Waals surface area contributed by atoms with Crippen molar-refractivity contribution in [2.24, 2.45) is 0 Å². The average molecular weight is 417 g/mol. The van der Waals surface area contributed by atoms with E-state index in [-0.39, 0.29) is 50.7 Å². The summed E-state index contributed by atoms with van der Waals surface area (Å²) in [4.78, 5) is 20.6. The predicted octanol–water partition coefficient (Wildman–Crippen LogP) is 1.86. The van der Waals surface area contributed by atoms with Crippen LogP contribution in [0.5, 0.6) is 0 Å². The first-order valence-electron chi connectivity index (χ1n) is 5.09. The molecule has 0 rings (SSSR count).